The molecule has 8 nitrogen and oxygen atoms in total. The highest BCUT2D eigenvalue weighted by Crippen LogP contribution is 2.09. The molecule has 0 saturated carbocycles. The predicted molar refractivity (Wildman–Crippen MR) is 80.5 cm³/mol. The van der Waals surface area contributed by atoms with Crippen LogP contribution in [0.15, 0.2) is 43.0 Å². The van der Waals surface area contributed by atoms with E-state index in [1.54, 1.807) is 12.5 Å². The van der Waals surface area contributed by atoms with Crippen LogP contribution in [0.2, 0.25) is 0 Å². The number of hydrogen-bond acceptors (Lipinski definition) is 4. The number of amides is 4. The molecule has 0 radical (unpaired) electrons. The number of nitrogens with zero attached hydrogens (tertiary/aromatic N) is 2. The number of carbonyl (C=O) groups is 3. The SMILES string of the molecule is O=C(C[C@H]1NC(=O)NC1=O)NCc1ccc(-n2ccnc2)cc1. The van der Waals surface area contributed by atoms with E-state index in [0.717, 1.165) is 11.3 Å². The first-order valence-electron chi connectivity index (χ1n) is 7.07. The van der Waals surface area contributed by atoms with E-state index in [-0.39, 0.29) is 12.3 Å². The van der Waals surface area contributed by atoms with Crippen molar-refractivity contribution in [1.29, 1.82) is 0 Å². The van der Waals surface area contributed by atoms with E-state index >= 15 is 0 Å². The fourth-order valence-electron chi connectivity index (χ4n) is 2.26. The summed E-state index contributed by atoms with van der Waals surface area (Å²) in [5.74, 6) is -0.777. The number of imide groups is 1. The summed E-state index contributed by atoms with van der Waals surface area (Å²) < 4.78 is 1.88. The summed E-state index contributed by atoms with van der Waals surface area (Å²) in [4.78, 5) is 38.1. The lowest BCUT2D eigenvalue weighted by Crippen LogP contribution is -2.36. The fraction of sp³-hybridized carbons (Fsp3) is 0.200. The Bertz CT molecular complexity index is 724. The molecule has 0 unspecified atom stereocenters. The summed E-state index contributed by atoms with van der Waals surface area (Å²) in [5, 5.41) is 7.20. The number of hydrogen-bond donors (Lipinski definition) is 3. The molecule has 4 amide bonds. The van der Waals surface area contributed by atoms with Gasteiger partial charge in [0.05, 0.1) is 12.7 Å². The summed E-state index contributed by atoms with van der Waals surface area (Å²) in [5.41, 5.74) is 1.91. The van der Waals surface area contributed by atoms with Crippen molar-refractivity contribution >= 4 is 17.8 Å². The molecule has 1 atom stereocenters. The lowest BCUT2D eigenvalue weighted by atomic mass is 10.1. The number of rotatable bonds is 5. The topological polar surface area (TPSA) is 105 Å². The molecule has 1 saturated heterocycles. The van der Waals surface area contributed by atoms with E-state index in [4.69, 9.17) is 0 Å². The zero-order valence-corrected chi connectivity index (χ0v) is 12.2. The van der Waals surface area contributed by atoms with Crippen molar-refractivity contribution in [3.05, 3.63) is 48.5 Å². The Kier molecular flexibility index (Phi) is 4.05. The molecule has 1 aliphatic heterocycles. The number of nitrogens with one attached hydrogen (secondary N) is 3. The third-order valence-electron chi connectivity index (χ3n) is 3.48. The van der Waals surface area contributed by atoms with E-state index in [2.05, 4.69) is 20.9 Å². The van der Waals surface area contributed by atoms with Gasteiger partial charge in [-0.3, -0.25) is 14.9 Å². The molecule has 2 heterocycles. The van der Waals surface area contributed by atoms with Gasteiger partial charge in [-0.2, -0.15) is 0 Å². The normalized spacial score (nSPS) is 16.8. The minimum atomic E-state index is -0.800. The van der Waals surface area contributed by atoms with Crippen molar-refractivity contribution < 1.29 is 14.4 Å². The molecule has 118 valence electrons. The number of benzene rings is 1. The van der Waals surface area contributed by atoms with Crippen molar-refractivity contribution in [2.45, 2.75) is 19.0 Å². The van der Waals surface area contributed by atoms with Crippen LogP contribution in [0.3, 0.4) is 0 Å². The lowest BCUT2D eigenvalue weighted by molar-refractivity contribution is -0.126. The molecule has 1 aromatic carbocycles. The maximum absolute atomic E-state index is 11.8. The Morgan fingerprint density at radius 1 is 1.26 bits per heavy atom. The van der Waals surface area contributed by atoms with E-state index in [9.17, 15) is 14.4 Å². The molecule has 1 aromatic heterocycles. The summed E-state index contributed by atoms with van der Waals surface area (Å²) in [6.45, 7) is 0.353. The van der Waals surface area contributed by atoms with Crippen molar-refractivity contribution in [1.82, 2.24) is 25.5 Å². The van der Waals surface area contributed by atoms with Gasteiger partial charge in [0.2, 0.25) is 5.91 Å². The minimum absolute atomic E-state index is 0.0787. The number of urea groups is 1. The second kappa shape index (κ2) is 6.30. The van der Waals surface area contributed by atoms with E-state index < -0.39 is 18.0 Å². The molecule has 0 bridgehead atoms. The van der Waals surface area contributed by atoms with Gasteiger partial charge in [0.15, 0.2) is 0 Å². The maximum Gasteiger partial charge on any atom is 0.322 e. The van der Waals surface area contributed by atoms with Crippen LogP contribution in [0.25, 0.3) is 5.69 Å². The first kappa shape index (κ1) is 14.8. The molecule has 0 aliphatic carbocycles. The molecule has 8 heteroatoms. The van der Waals surface area contributed by atoms with Gasteiger partial charge in [-0.1, -0.05) is 12.1 Å². The van der Waals surface area contributed by atoms with Gasteiger partial charge in [0.1, 0.15) is 6.04 Å². The molecular formula is C15H15N5O3. The molecule has 3 rings (SSSR count). The second-order valence-corrected chi connectivity index (χ2v) is 5.13. The first-order chi connectivity index (χ1) is 11.1. The predicted octanol–water partition coefficient (Wildman–Crippen LogP) is 0.0866. The quantitative estimate of drug-likeness (QED) is 0.680. The molecular weight excluding hydrogens is 298 g/mol. The number of carbonyl (C=O) groups excluding carboxylic acids is 3. The van der Waals surface area contributed by atoms with Crippen molar-refractivity contribution in [2.75, 3.05) is 0 Å². The molecule has 3 N–H and O–H groups in total. The second-order valence-electron chi connectivity index (χ2n) is 5.13. The average Bonchev–Trinajstić information content (AvgIpc) is 3.16. The molecule has 2 aromatic rings. The Hall–Kier alpha value is -3.16. The zero-order valence-electron chi connectivity index (χ0n) is 12.2. The summed E-state index contributed by atoms with van der Waals surface area (Å²) in [7, 11) is 0. The van der Waals surface area contributed by atoms with Gasteiger partial charge < -0.3 is 15.2 Å². The lowest BCUT2D eigenvalue weighted by Gasteiger charge is -2.09. The van der Waals surface area contributed by atoms with Crippen LogP contribution in [-0.4, -0.2) is 33.4 Å². The zero-order chi connectivity index (χ0) is 16.2. The average molecular weight is 313 g/mol. The van der Waals surface area contributed by atoms with Crippen molar-refractivity contribution in [3.63, 3.8) is 0 Å². The molecule has 1 fully saturated rings. The Morgan fingerprint density at radius 3 is 2.65 bits per heavy atom. The van der Waals surface area contributed by atoms with Gasteiger partial charge in [0, 0.05) is 24.6 Å². The third-order valence-corrected chi connectivity index (χ3v) is 3.48. The highest BCUT2D eigenvalue weighted by atomic mass is 16.2. The first-order valence-corrected chi connectivity index (χ1v) is 7.07. The largest absolute Gasteiger partial charge is 0.352 e. The Balaban J connectivity index is 1.51. The van der Waals surface area contributed by atoms with Gasteiger partial charge >= 0.3 is 6.03 Å². The highest BCUT2D eigenvalue weighted by Gasteiger charge is 2.31. The van der Waals surface area contributed by atoms with Gasteiger partial charge in [-0.15, -0.1) is 0 Å². The monoisotopic (exact) mass is 313 g/mol. The van der Waals surface area contributed by atoms with E-state index in [1.807, 2.05) is 35.0 Å². The molecule has 23 heavy (non-hydrogen) atoms. The summed E-state index contributed by atoms with van der Waals surface area (Å²) >= 11 is 0. The summed E-state index contributed by atoms with van der Waals surface area (Å²) in [6, 6.07) is 6.29. The number of aromatic nitrogens is 2. The molecule has 0 spiro atoms. The van der Waals surface area contributed by atoms with E-state index in [1.165, 1.54) is 0 Å². The van der Waals surface area contributed by atoms with Crippen LogP contribution in [0.4, 0.5) is 4.79 Å². The van der Waals surface area contributed by atoms with Crippen LogP contribution in [-0.2, 0) is 16.1 Å². The van der Waals surface area contributed by atoms with Crippen molar-refractivity contribution in [3.8, 4) is 5.69 Å². The van der Waals surface area contributed by atoms with Crippen LogP contribution in [0, 0.1) is 0 Å². The van der Waals surface area contributed by atoms with Gasteiger partial charge in [-0.05, 0) is 17.7 Å². The smallest absolute Gasteiger partial charge is 0.322 e. The third kappa shape index (κ3) is 3.54. The van der Waals surface area contributed by atoms with Crippen LogP contribution < -0.4 is 16.0 Å². The van der Waals surface area contributed by atoms with Gasteiger partial charge in [0.25, 0.3) is 5.91 Å². The highest BCUT2D eigenvalue weighted by molar-refractivity contribution is 6.05. The Morgan fingerprint density at radius 2 is 2.04 bits per heavy atom. The van der Waals surface area contributed by atoms with Crippen molar-refractivity contribution in [2.24, 2.45) is 0 Å². The van der Waals surface area contributed by atoms with Crippen LogP contribution in [0.1, 0.15) is 12.0 Å². The van der Waals surface area contributed by atoms with E-state index in [0.29, 0.717) is 6.54 Å². The maximum atomic E-state index is 11.8. The number of imidazole rings is 1. The van der Waals surface area contributed by atoms with Gasteiger partial charge in [-0.25, -0.2) is 9.78 Å². The summed E-state index contributed by atoms with van der Waals surface area (Å²) in [6.07, 6.45) is 5.17. The standard InChI is InChI=1S/C15H15N5O3/c21-13(7-12-14(22)19-15(23)18-12)17-8-10-1-3-11(4-2-10)20-6-5-16-9-20/h1-6,9,12H,7-8H2,(H,17,21)(H2,18,19,22,23)/t12-/m1/s1. The minimum Gasteiger partial charge on any atom is -0.352 e. The van der Waals surface area contributed by atoms with Crippen LogP contribution in [0.5, 0.6) is 0 Å². The Labute approximate surface area is 131 Å². The fourth-order valence-corrected chi connectivity index (χ4v) is 2.26. The van der Waals surface area contributed by atoms with Crippen LogP contribution >= 0.6 is 0 Å². The molecule has 1 aliphatic rings.